The predicted octanol–water partition coefficient (Wildman–Crippen LogP) is -0.167. The second kappa shape index (κ2) is 3.85. The van der Waals surface area contributed by atoms with Gasteiger partial charge in [0.2, 0.25) is 0 Å². The third kappa shape index (κ3) is 2.15. The summed E-state index contributed by atoms with van der Waals surface area (Å²) in [5, 5.41) is 2.92. The summed E-state index contributed by atoms with van der Waals surface area (Å²) in [6.45, 7) is 2.57. The minimum absolute atomic E-state index is 0.119. The molecule has 1 saturated heterocycles. The van der Waals surface area contributed by atoms with Crippen molar-refractivity contribution in [3.05, 3.63) is 0 Å². The number of piperazine rings is 1. The van der Waals surface area contributed by atoms with E-state index in [0.717, 1.165) is 4.31 Å². The van der Waals surface area contributed by atoms with E-state index in [1.807, 2.05) is 0 Å². The van der Waals surface area contributed by atoms with E-state index in [-0.39, 0.29) is 6.54 Å². The Morgan fingerprint density at radius 3 is 2.62 bits per heavy atom. The number of nitrogens with one attached hydrogen (secondary N) is 1. The Kier molecular flexibility index (Phi) is 3.20. The van der Waals surface area contributed by atoms with Crippen molar-refractivity contribution in [2.75, 3.05) is 19.6 Å². The molecule has 1 aliphatic heterocycles. The molecule has 0 aromatic rings. The number of hydrogen-bond acceptors (Lipinski definition) is 3. The lowest BCUT2D eigenvalue weighted by atomic mass is 10.3. The maximum absolute atomic E-state index is 12.1. The average Bonchev–Trinajstić information content (AvgIpc) is 2.04. The lowest BCUT2D eigenvalue weighted by Gasteiger charge is -2.32. The number of rotatable bonds is 2. The first-order valence-corrected chi connectivity index (χ1v) is 5.46. The lowest BCUT2D eigenvalue weighted by molar-refractivity contribution is 0.201. The van der Waals surface area contributed by atoms with Crippen molar-refractivity contribution in [3.8, 4) is 0 Å². The van der Waals surface area contributed by atoms with Gasteiger partial charge in [0.25, 0.3) is 10.0 Å². The Morgan fingerprint density at radius 2 is 2.15 bits per heavy atom. The minimum atomic E-state index is -4.39. The molecule has 1 heterocycles. The molecule has 7 heteroatoms. The van der Waals surface area contributed by atoms with Crippen molar-refractivity contribution in [2.45, 2.75) is 18.7 Å². The molecule has 1 N–H and O–H groups in total. The first-order chi connectivity index (χ1) is 5.96. The van der Waals surface area contributed by atoms with Crippen LogP contribution in [0.5, 0.6) is 0 Å². The standard InChI is InChI=1S/C6H12F2N2O2S/c1-5-4-9-2-3-10(5)13(11,12)6(7)8/h5-6,9H,2-4H2,1H3/t5-/m0/s1. The minimum Gasteiger partial charge on any atom is -0.314 e. The van der Waals surface area contributed by atoms with Gasteiger partial charge in [0.15, 0.2) is 0 Å². The zero-order valence-electron chi connectivity index (χ0n) is 7.20. The zero-order chi connectivity index (χ0) is 10.1. The summed E-state index contributed by atoms with van der Waals surface area (Å²) in [4.78, 5) is 0. The number of sulfonamides is 1. The fourth-order valence-electron chi connectivity index (χ4n) is 1.30. The molecule has 0 aromatic carbocycles. The summed E-state index contributed by atoms with van der Waals surface area (Å²) in [5.41, 5.74) is 0. The highest BCUT2D eigenvalue weighted by atomic mass is 32.2. The molecule has 0 saturated carbocycles. The molecule has 4 nitrogen and oxygen atoms in total. The third-order valence-corrected chi connectivity index (χ3v) is 3.64. The smallest absolute Gasteiger partial charge is 0.314 e. The Labute approximate surface area is 76.0 Å². The van der Waals surface area contributed by atoms with Gasteiger partial charge < -0.3 is 5.32 Å². The van der Waals surface area contributed by atoms with E-state index in [2.05, 4.69) is 5.32 Å². The summed E-state index contributed by atoms with van der Waals surface area (Å²) >= 11 is 0. The van der Waals surface area contributed by atoms with Gasteiger partial charge in [0.05, 0.1) is 0 Å². The largest absolute Gasteiger partial charge is 0.350 e. The van der Waals surface area contributed by atoms with Crippen LogP contribution < -0.4 is 5.32 Å². The third-order valence-electron chi connectivity index (χ3n) is 1.99. The van der Waals surface area contributed by atoms with Gasteiger partial charge in [-0.25, -0.2) is 8.42 Å². The maximum Gasteiger partial charge on any atom is 0.350 e. The highest BCUT2D eigenvalue weighted by molar-refractivity contribution is 7.89. The van der Waals surface area contributed by atoms with E-state index >= 15 is 0 Å². The fraction of sp³-hybridized carbons (Fsp3) is 1.00. The number of alkyl halides is 2. The Bertz CT molecular complexity index is 268. The van der Waals surface area contributed by atoms with Crippen LogP contribution in [0, 0.1) is 0 Å². The van der Waals surface area contributed by atoms with Crippen LogP contribution in [-0.4, -0.2) is 44.2 Å². The Balaban J connectivity index is 2.80. The molecule has 1 rings (SSSR count). The molecular weight excluding hydrogens is 202 g/mol. The summed E-state index contributed by atoms with van der Waals surface area (Å²) in [7, 11) is -4.39. The number of nitrogens with zero attached hydrogens (tertiary/aromatic N) is 1. The molecule has 0 radical (unpaired) electrons. The molecule has 0 spiro atoms. The van der Waals surface area contributed by atoms with Crippen LogP contribution in [0.15, 0.2) is 0 Å². The van der Waals surface area contributed by atoms with Gasteiger partial charge in [-0.1, -0.05) is 0 Å². The average molecular weight is 214 g/mol. The fourth-order valence-corrected chi connectivity index (χ4v) is 2.43. The molecule has 1 atom stereocenters. The van der Waals surface area contributed by atoms with Crippen LogP contribution in [-0.2, 0) is 10.0 Å². The molecule has 1 fully saturated rings. The molecule has 0 aromatic heterocycles. The van der Waals surface area contributed by atoms with E-state index in [1.54, 1.807) is 6.92 Å². The van der Waals surface area contributed by atoms with Gasteiger partial charge in [-0.15, -0.1) is 0 Å². The molecule has 0 aliphatic carbocycles. The maximum atomic E-state index is 12.1. The molecule has 13 heavy (non-hydrogen) atoms. The van der Waals surface area contributed by atoms with Crippen molar-refractivity contribution >= 4 is 10.0 Å². The van der Waals surface area contributed by atoms with Crippen LogP contribution in [0.3, 0.4) is 0 Å². The molecule has 1 aliphatic rings. The molecule has 78 valence electrons. The van der Waals surface area contributed by atoms with Gasteiger partial charge in [0, 0.05) is 25.7 Å². The van der Waals surface area contributed by atoms with Gasteiger partial charge in [0.1, 0.15) is 0 Å². The second-order valence-electron chi connectivity index (χ2n) is 2.97. The monoisotopic (exact) mass is 214 g/mol. The van der Waals surface area contributed by atoms with E-state index in [1.165, 1.54) is 0 Å². The summed E-state index contributed by atoms with van der Waals surface area (Å²) in [6, 6.07) is -0.396. The van der Waals surface area contributed by atoms with E-state index in [9.17, 15) is 17.2 Å². The second-order valence-corrected chi connectivity index (χ2v) is 4.82. The number of halogens is 2. The quantitative estimate of drug-likeness (QED) is 0.694. The van der Waals surface area contributed by atoms with Gasteiger partial charge >= 0.3 is 5.76 Å². The lowest BCUT2D eigenvalue weighted by Crippen LogP contribution is -2.53. The Morgan fingerprint density at radius 1 is 1.54 bits per heavy atom. The van der Waals surface area contributed by atoms with Crippen LogP contribution in [0.4, 0.5) is 8.78 Å². The van der Waals surface area contributed by atoms with Crippen LogP contribution in [0.25, 0.3) is 0 Å². The number of hydrogen-bond donors (Lipinski definition) is 1. The van der Waals surface area contributed by atoms with Gasteiger partial charge in [-0.2, -0.15) is 13.1 Å². The molecule has 0 amide bonds. The first-order valence-electron chi connectivity index (χ1n) is 3.96. The van der Waals surface area contributed by atoms with Crippen LogP contribution in [0.2, 0.25) is 0 Å². The van der Waals surface area contributed by atoms with Crippen molar-refractivity contribution in [1.29, 1.82) is 0 Å². The SMILES string of the molecule is C[C@H]1CNCCN1S(=O)(=O)C(F)F. The van der Waals surface area contributed by atoms with Crippen molar-refractivity contribution < 1.29 is 17.2 Å². The van der Waals surface area contributed by atoms with E-state index < -0.39 is 21.8 Å². The van der Waals surface area contributed by atoms with Gasteiger partial charge in [-0.05, 0) is 6.92 Å². The molecule has 0 bridgehead atoms. The molecular formula is C6H12F2N2O2S. The summed E-state index contributed by atoms with van der Waals surface area (Å²) < 4.78 is 47.2. The normalized spacial score (nSPS) is 26.6. The van der Waals surface area contributed by atoms with Crippen molar-refractivity contribution in [3.63, 3.8) is 0 Å². The highest BCUT2D eigenvalue weighted by Gasteiger charge is 2.36. The van der Waals surface area contributed by atoms with Gasteiger partial charge in [-0.3, -0.25) is 0 Å². The Hall–Kier alpha value is -0.270. The summed E-state index contributed by atoms with van der Waals surface area (Å²) in [5.74, 6) is -3.31. The molecule has 0 unspecified atom stereocenters. The highest BCUT2D eigenvalue weighted by Crippen LogP contribution is 2.16. The van der Waals surface area contributed by atoms with E-state index in [0.29, 0.717) is 13.1 Å². The van der Waals surface area contributed by atoms with Crippen LogP contribution >= 0.6 is 0 Å². The first kappa shape index (κ1) is 10.8. The van der Waals surface area contributed by atoms with Crippen molar-refractivity contribution in [2.24, 2.45) is 0 Å². The van der Waals surface area contributed by atoms with E-state index in [4.69, 9.17) is 0 Å². The van der Waals surface area contributed by atoms with Crippen LogP contribution in [0.1, 0.15) is 6.92 Å². The van der Waals surface area contributed by atoms with Crippen molar-refractivity contribution in [1.82, 2.24) is 9.62 Å². The zero-order valence-corrected chi connectivity index (χ0v) is 8.02. The topological polar surface area (TPSA) is 49.4 Å². The predicted molar refractivity (Wildman–Crippen MR) is 44.0 cm³/mol. The summed E-state index contributed by atoms with van der Waals surface area (Å²) in [6.07, 6.45) is 0.